The predicted molar refractivity (Wildman–Crippen MR) is 119 cm³/mol. The van der Waals surface area contributed by atoms with Crippen LogP contribution in [0.5, 0.6) is 11.5 Å². The molecule has 1 aliphatic rings. The molecule has 1 saturated heterocycles. The molecule has 0 N–H and O–H groups in total. The molecule has 2 heterocycles. The molecule has 3 aromatic rings. The number of aromatic nitrogens is 1. The zero-order chi connectivity index (χ0) is 21.1. The maximum absolute atomic E-state index is 12.2. The van der Waals surface area contributed by atoms with Crippen molar-refractivity contribution in [3.63, 3.8) is 0 Å². The van der Waals surface area contributed by atoms with Crippen LogP contribution in [0.15, 0.2) is 54.7 Å². The second-order valence-corrected chi connectivity index (χ2v) is 8.08. The number of para-hydroxylation sites is 1. The number of amides is 1. The molecule has 5 heteroatoms. The Hall–Kier alpha value is -3.08. The summed E-state index contributed by atoms with van der Waals surface area (Å²) in [5.41, 5.74) is 3.06. The Balaban J connectivity index is 1.48. The van der Waals surface area contributed by atoms with Gasteiger partial charge in [-0.1, -0.05) is 38.1 Å². The third-order valence-corrected chi connectivity index (χ3v) is 5.63. The van der Waals surface area contributed by atoms with E-state index in [1.807, 2.05) is 61.3 Å². The third-order valence-electron chi connectivity index (χ3n) is 5.63. The fourth-order valence-corrected chi connectivity index (χ4v) is 3.91. The van der Waals surface area contributed by atoms with E-state index in [0.717, 1.165) is 53.7 Å². The molecule has 5 nitrogen and oxygen atoms in total. The monoisotopic (exact) mass is 404 g/mol. The Bertz CT molecular complexity index is 1040. The van der Waals surface area contributed by atoms with Crippen LogP contribution in [0.4, 0.5) is 0 Å². The lowest BCUT2D eigenvalue weighted by atomic mass is 10.0. The molecule has 2 aromatic carbocycles. The predicted octanol–water partition coefficient (Wildman–Crippen LogP) is 4.94. The summed E-state index contributed by atoms with van der Waals surface area (Å²) in [6, 6.07) is 16.2. The smallest absolute Gasteiger partial charge is 0.225 e. The maximum atomic E-state index is 12.2. The van der Waals surface area contributed by atoms with Crippen LogP contribution in [0.1, 0.15) is 26.7 Å². The van der Waals surface area contributed by atoms with E-state index in [9.17, 15) is 4.79 Å². The fraction of sp³-hybridized carbons (Fsp3) is 0.360. The molecule has 156 valence electrons. The first-order valence-corrected chi connectivity index (χ1v) is 10.5. The number of nitrogens with zero attached hydrogens (tertiary/aromatic N) is 2. The van der Waals surface area contributed by atoms with E-state index in [1.54, 1.807) is 7.11 Å². The summed E-state index contributed by atoms with van der Waals surface area (Å²) in [4.78, 5) is 18.7. The molecule has 1 amide bonds. The molecule has 0 atom stereocenters. The molecule has 0 aliphatic carbocycles. The largest absolute Gasteiger partial charge is 0.493 e. The molecule has 0 radical (unpaired) electrons. The van der Waals surface area contributed by atoms with E-state index in [-0.39, 0.29) is 17.9 Å². The summed E-state index contributed by atoms with van der Waals surface area (Å²) < 4.78 is 11.9. The SMILES string of the molecule is COc1cc(-c2cnc3ccccc3c2)ccc1OC1CCN(C(=O)C(C)C)CC1. The maximum Gasteiger partial charge on any atom is 0.225 e. The zero-order valence-corrected chi connectivity index (χ0v) is 17.8. The van der Waals surface area contributed by atoms with E-state index >= 15 is 0 Å². The highest BCUT2D eigenvalue weighted by molar-refractivity contribution is 5.83. The molecule has 1 aliphatic heterocycles. The molecule has 1 aromatic heterocycles. The van der Waals surface area contributed by atoms with Crippen LogP contribution in [-0.4, -0.2) is 42.1 Å². The van der Waals surface area contributed by atoms with E-state index in [1.165, 1.54) is 0 Å². The van der Waals surface area contributed by atoms with Gasteiger partial charge in [-0.2, -0.15) is 0 Å². The number of hydrogen-bond donors (Lipinski definition) is 0. The lowest BCUT2D eigenvalue weighted by Crippen LogP contribution is -2.43. The van der Waals surface area contributed by atoms with E-state index in [2.05, 4.69) is 17.1 Å². The van der Waals surface area contributed by atoms with Crippen LogP contribution in [0.3, 0.4) is 0 Å². The van der Waals surface area contributed by atoms with Crippen LogP contribution in [0.25, 0.3) is 22.0 Å². The lowest BCUT2D eigenvalue weighted by Gasteiger charge is -2.33. The van der Waals surface area contributed by atoms with Crippen molar-refractivity contribution in [2.45, 2.75) is 32.8 Å². The van der Waals surface area contributed by atoms with Crippen molar-refractivity contribution >= 4 is 16.8 Å². The van der Waals surface area contributed by atoms with Crippen LogP contribution < -0.4 is 9.47 Å². The van der Waals surface area contributed by atoms with E-state index < -0.39 is 0 Å². The minimum absolute atomic E-state index is 0.0414. The number of piperidine rings is 1. The highest BCUT2D eigenvalue weighted by Crippen LogP contribution is 2.34. The number of carbonyl (C=O) groups is 1. The number of methoxy groups -OCH3 is 1. The number of likely N-dealkylation sites (tertiary alicyclic amines) is 1. The summed E-state index contributed by atoms with van der Waals surface area (Å²) in [7, 11) is 1.66. The molecular formula is C25H28N2O3. The number of ether oxygens (including phenoxy) is 2. The lowest BCUT2D eigenvalue weighted by molar-refractivity contribution is -0.136. The number of fused-ring (bicyclic) bond motifs is 1. The van der Waals surface area contributed by atoms with Gasteiger partial charge in [-0.05, 0) is 29.8 Å². The average molecular weight is 405 g/mol. The third kappa shape index (κ3) is 4.25. The van der Waals surface area contributed by atoms with Gasteiger partial charge in [0.1, 0.15) is 6.10 Å². The second kappa shape index (κ2) is 8.74. The molecule has 30 heavy (non-hydrogen) atoms. The van der Waals surface area contributed by atoms with Gasteiger partial charge < -0.3 is 14.4 Å². The Morgan fingerprint density at radius 2 is 1.80 bits per heavy atom. The van der Waals surface area contributed by atoms with Gasteiger partial charge in [0.05, 0.1) is 12.6 Å². The van der Waals surface area contributed by atoms with Gasteiger partial charge in [0.2, 0.25) is 5.91 Å². The number of benzene rings is 2. The molecule has 0 unspecified atom stereocenters. The Labute approximate surface area is 177 Å². The molecule has 1 fully saturated rings. The van der Waals surface area contributed by atoms with Crippen molar-refractivity contribution in [1.29, 1.82) is 0 Å². The number of rotatable bonds is 5. The van der Waals surface area contributed by atoms with Crippen molar-refractivity contribution in [3.8, 4) is 22.6 Å². The van der Waals surface area contributed by atoms with Gasteiger partial charge in [0, 0.05) is 49.0 Å². The summed E-state index contributed by atoms with van der Waals surface area (Å²) in [6.07, 6.45) is 3.64. The minimum Gasteiger partial charge on any atom is -0.493 e. The van der Waals surface area contributed by atoms with Crippen LogP contribution in [0, 0.1) is 5.92 Å². The summed E-state index contributed by atoms with van der Waals surface area (Å²) >= 11 is 0. The minimum atomic E-state index is 0.0414. The first-order chi connectivity index (χ1) is 14.5. The quantitative estimate of drug-likeness (QED) is 0.605. The van der Waals surface area contributed by atoms with E-state index in [4.69, 9.17) is 9.47 Å². The van der Waals surface area contributed by atoms with Crippen LogP contribution in [-0.2, 0) is 4.79 Å². The first-order valence-electron chi connectivity index (χ1n) is 10.5. The van der Waals surface area contributed by atoms with Gasteiger partial charge in [-0.25, -0.2) is 0 Å². The molecule has 0 spiro atoms. The molecule has 0 bridgehead atoms. The van der Waals surface area contributed by atoms with Gasteiger partial charge in [-0.3, -0.25) is 9.78 Å². The average Bonchev–Trinajstić information content (AvgIpc) is 2.79. The fourth-order valence-electron chi connectivity index (χ4n) is 3.91. The van der Waals surface area contributed by atoms with Crippen molar-refractivity contribution in [1.82, 2.24) is 9.88 Å². The Morgan fingerprint density at radius 1 is 1.03 bits per heavy atom. The highest BCUT2D eigenvalue weighted by Gasteiger charge is 2.26. The van der Waals surface area contributed by atoms with Crippen molar-refractivity contribution < 1.29 is 14.3 Å². The van der Waals surface area contributed by atoms with E-state index in [0.29, 0.717) is 5.75 Å². The standard InChI is InChI=1S/C25H28N2O3/c1-17(2)25(28)27-12-10-21(11-13-27)30-23-9-8-18(15-24(23)29-3)20-14-19-6-4-5-7-22(19)26-16-20/h4-9,14-17,21H,10-13H2,1-3H3. The van der Waals surface area contributed by atoms with Crippen LogP contribution >= 0.6 is 0 Å². The molecule has 0 saturated carbocycles. The van der Waals surface area contributed by atoms with Gasteiger partial charge in [0.25, 0.3) is 0 Å². The summed E-state index contributed by atoms with van der Waals surface area (Å²) in [6.45, 7) is 5.38. The van der Waals surface area contributed by atoms with Crippen LogP contribution in [0.2, 0.25) is 0 Å². The number of pyridine rings is 1. The topological polar surface area (TPSA) is 51.7 Å². The number of carbonyl (C=O) groups excluding carboxylic acids is 1. The van der Waals surface area contributed by atoms with Gasteiger partial charge in [0.15, 0.2) is 11.5 Å². The number of hydrogen-bond acceptors (Lipinski definition) is 4. The molecular weight excluding hydrogens is 376 g/mol. The summed E-state index contributed by atoms with van der Waals surface area (Å²) in [5, 5.41) is 1.11. The zero-order valence-electron chi connectivity index (χ0n) is 17.8. The van der Waals surface area contributed by atoms with Gasteiger partial charge >= 0.3 is 0 Å². The first kappa shape index (κ1) is 20.2. The normalized spacial score (nSPS) is 14.9. The van der Waals surface area contributed by atoms with Gasteiger partial charge in [-0.15, -0.1) is 0 Å². The molecule has 4 rings (SSSR count). The highest BCUT2D eigenvalue weighted by atomic mass is 16.5. The van der Waals surface area contributed by atoms with Crippen molar-refractivity contribution in [2.75, 3.05) is 20.2 Å². The second-order valence-electron chi connectivity index (χ2n) is 8.08. The van der Waals surface area contributed by atoms with Crippen molar-refractivity contribution in [3.05, 3.63) is 54.7 Å². The Kier molecular flexibility index (Phi) is 5.88. The summed E-state index contributed by atoms with van der Waals surface area (Å²) in [5.74, 6) is 1.71. The van der Waals surface area contributed by atoms with Crippen molar-refractivity contribution in [2.24, 2.45) is 5.92 Å². The Morgan fingerprint density at radius 3 is 2.53 bits per heavy atom.